The van der Waals surface area contributed by atoms with Crippen LogP contribution in [0.5, 0.6) is 0 Å². The number of carbonyl (C=O) groups is 3. The normalized spacial score (nSPS) is 12.6. The molecule has 0 saturated carbocycles. The molecule has 0 spiro atoms. The van der Waals surface area contributed by atoms with Crippen molar-refractivity contribution in [2.24, 2.45) is 0 Å². The van der Waals surface area contributed by atoms with E-state index in [1.165, 1.54) is 11.3 Å². The Morgan fingerprint density at radius 3 is 2.32 bits per heavy atom. The summed E-state index contributed by atoms with van der Waals surface area (Å²) in [5, 5.41) is 11.4. The van der Waals surface area contributed by atoms with Crippen LogP contribution in [-0.4, -0.2) is 34.6 Å². The van der Waals surface area contributed by atoms with Crippen LogP contribution in [0.25, 0.3) is 0 Å². The third-order valence-corrected chi connectivity index (χ3v) is 3.69. The summed E-state index contributed by atoms with van der Waals surface area (Å²) in [6, 6.07) is 0.413. The second kappa shape index (κ2) is 6.91. The lowest BCUT2D eigenvalue weighted by Gasteiger charge is -2.21. The van der Waals surface area contributed by atoms with Crippen LogP contribution in [0, 0.1) is 13.8 Å². The molecule has 0 saturated heterocycles. The molecule has 0 aliphatic carbocycles. The Hall–Kier alpha value is -1.89. The monoisotopic (exact) mass is 327 g/mol. The van der Waals surface area contributed by atoms with E-state index in [9.17, 15) is 19.5 Å². The van der Waals surface area contributed by atoms with Crippen LogP contribution in [0.4, 0.5) is 4.79 Å². The minimum absolute atomic E-state index is 0.314. The Bertz CT molecular complexity index is 585. The molecule has 1 aromatic heterocycles. The maximum Gasteiger partial charge on any atom is 0.408 e. The van der Waals surface area contributed by atoms with E-state index in [0.29, 0.717) is 5.56 Å². The van der Waals surface area contributed by atoms with Gasteiger partial charge in [-0.25, -0.2) is 9.59 Å². The Balaban J connectivity index is 2.76. The average Bonchev–Trinajstić information content (AvgIpc) is 2.64. The van der Waals surface area contributed by atoms with Crippen molar-refractivity contribution in [1.82, 2.24) is 5.32 Å². The molecule has 6 nitrogen and oxygen atoms in total. The molecule has 7 heteroatoms. The van der Waals surface area contributed by atoms with Crippen LogP contribution in [0.2, 0.25) is 0 Å². The van der Waals surface area contributed by atoms with Crippen molar-refractivity contribution in [1.29, 1.82) is 0 Å². The van der Waals surface area contributed by atoms with Crippen molar-refractivity contribution in [2.45, 2.75) is 52.7 Å². The summed E-state index contributed by atoms with van der Waals surface area (Å²) in [7, 11) is 0. The van der Waals surface area contributed by atoms with Crippen LogP contribution in [0.1, 0.15) is 47.3 Å². The van der Waals surface area contributed by atoms with Crippen molar-refractivity contribution in [3.8, 4) is 0 Å². The number of aryl methyl sites for hydroxylation is 2. The van der Waals surface area contributed by atoms with Crippen molar-refractivity contribution in [2.75, 3.05) is 0 Å². The van der Waals surface area contributed by atoms with E-state index in [2.05, 4.69) is 5.32 Å². The Morgan fingerprint density at radius 1 is 1.32 bits per heavy atom. The second-order valence-electron chi connectivity index (χ2n) is 5.99. The van der Waals surface area contributed by atoms with Gasteiger partial charge in [0.05, 0.1) is 0 Å². The van der Waals surface area contributed by atoms with E-state index < -0.39 is 23.7 Å². The molecule has 0 bridgehead atoms. The first kappa shape index (κ1) is 18.2. The molecule has 122 valence electrons. The molecule has 1 aromatic rings. The summed E-state index contributed by atoms with van der Waals surface area (Å²) in [6.45, 7) is 8.70. The van der Waals surface area contributed by atoms with E-state index in [1.807, 2.05) is 13.8 Å². The fourth-order valence-electron chi connectivity index (χ4n) is 1.85. The van der Waals surface area contributed by atoms with Crippen molar-refractivity contribution in [3.63, 3.8) is 0 Å². The fraction of sp³-hybridized carbons (Fsp3) is 0.533. The van der Waals surface area contributed by atoms with Gasteiger partial charge in [-0.3, -0.25) is 4.79 Å². The number of alkyl carbamates (subject to hydrolysis) is 1. The number of carboxylic acid groups (broad SMARTS) is 1. The van der Waals surface area contributed by atoms with Crippen molar-refractivity contribution < 1.29 is 24.2 Å². The minimum atomic E-state index is -1.32. The molecule has 1 rings (SSSR count). The van der Waals surface area contributed by atoms with Crippen LogP contribution in [-0.2, 0) is 9.53 Å². The number of Topliss-reactive ketones (excluding diaryl/α,β-unsaturated/α-hetero) is 1. The number of carboxylic acids is 1. The molecule has 1 unspecified atom stereocenters. The molecule has 22 heavy (non-hydrogen) atoms. The quantitative estimate of drug-likeness (QED) is 0.811. The number of carbonyl (C=O) groups excluding carboxylic acids is 2. The summed E-state index contributed by atoms with van der Waals surface area (Å²) in [4.78, 5) is 36.9. The third kappa shape index (κ3) is 5.48. The van der Waals surface area contributed by atoms with Gasteiger partial charge >= 0.3 is 12.1 Å². The molecule has 0 aliphatic heterocycles. The van der Waals surface area contributed by atoms with E-state index in [1.54, 1.807) is 26.8 Å². The van der Waals surface area contributed by atoms with Gasteiger partial charge in [0.25, 0.3) is 0 Å². The minimum Gasteiger partial charge on any atom is -0.480 e. The number of ether oxygens (including phenoxy) is 1. The lowest BCUT2D eigenvalue weighted by Crippen LogP contribution is -2.44. The van der Waals surface area contributed by atoms with Crippen LogP contribution >= 0.6 is 11.3 Å². The van der Waals surface area contributed by atoms with Crippen LogP contribution < -0.4 is 5.32 Å². The summed E-state index contributed by atoms with van der Waals surface area (Å²) in [6.07, 6.45) is -1.17. The predicted molar refractivity (Wildman–Crippen MR) is 83.5 cm³/mol. The van der Waals surface area contributed by atoms with E-state index in [0.717, 1.165) is 9.75 Å². The highest BCUT2D eigenvalue weighted by molar-refractivity contribution is 7.12. The molecule has 1 amide bonds. The van der Waals surface area contributed by atoms with E-state index in [-0.39, 0.29) is 12.2 Å². The van der Waals surface area contributed by atoms with Crippen molar-refractivity contribution in [3.05, 3.63) is 21.4 Å². The highest BCUT2D eigenvalue weighted by atomic mass is 32.1. The van der Waals surface area contributed by atoms with Gasteiger partial charge in [0, 0.05) is 21.7 Å². The van der Waals surface area contributed by atoms with Gasteiger partial charge in [-0.2, -0.15) is 0 Å². The number of nitrogens with one attached hydrogen (secondary N) is 1. The van der Waals surface area contributed by atoms with Gasteiger partial charge in [0.15, 0.2) is 5.78 Å². The smallest absolute Gasteiger partial charge is 0.408 e. The van der Waals surface area contributed by atoms with E-state index in [4.69, 9.17) is 4.74 Å². The summed E-state index contributed by atoms with van der Waals surface area (Å²) >= 11 is 1.47. The van der Waals surface area contributed by atoms with Gasteiger partial charge in [-0.05, 0) is 40.7 Å². The number of ketones is 1. The van der Waals surface area contributed by atoms with Crippen LogP contribution in [0.15, 0.2) is 6.07 Å². The first-order valence-corrected chi connectivity index (χ1v) is 7.64. The molecule has 0 radical (unpaired) electrons. The number of amides is 1. The molecule has 1 heterocycles. The average molecular weight is 327 g/mol. The van der Waals surface area contributed by atoms with Gasteiger partial charge < -0.3 is 15.2 Å². The lowest BCUT2D eigenvalue weighted by atomic mass is 10.0. The molecule has 0 aromatic carbocycles. The predicted octanol–water partition coefficient (Wildman–Crippen LogP) is 2.92. The standard InChI is InChI=1S/C15H21NO5S/c1-8-6-10(9(2)22-8)12(17)7-11(13(18)19)16-14(20)21-15(3,4)5/h6,11H,7H2,1-5H3,(H,16,20)(H,18,19). The molecule has 2 N–H and O–H groups in total. The highest BCUT2D eigenvalue weighted by Gasteiger charge is 2.27. The first-order chi connectivity index (χ1) is 9.99. The molecular weight excluding hydrogens is 306 g/mol. The third-order valence-electron chi connectivity index (χ3n) is 2.72. The number of hydrogen-bond donors (Lipinski definition) is 2. The molecule has 0 fully saturated rings. The summed E-state index contributed by atoms with van der Waals surface area (Å²) in [5.74, 6) is -1.59. The topological polar surface area (TPSA) is 92.7 Å². The maximum atomic E-state index is 12.2. The molecule has 1 atom stereocenters. The zero-order valence-corrected chi connectivity index (χ0v) is 14.2. The second-order valence-corrected chi connectivity index (χ2v) is 7.45. The Morgan fingerprint density at radius 2 is 1.91 bits per heavy atom. The molecule has 0 aliphatic rings. The number of hydrogen-bond acceptors (Lipinski definition) is 5. The fourth-order valence-corrected chi connectivity index (χ4v) is 2.80. The SMILES string of the molecule is Cc1cc(C(=O)CC(NC(=O)OC(C)(C)C)C(=O)O)c(C)s1. The first-order valence-electron chi connectivity index (χ1n) is 6.82. The molecular formula is C15H21NO5S. The number of thiophene rings is 1. The number of rotatable bonds is 5. The van der Waals surface area contributed by atoms with Gasteiger partial charge in [-0.1, -0.05) is 0 Å². The largest absolute Gasteiger partial charge is 0.480 e. The summed E-state index contributed by atoms with van der Waals surface area (Å²) in [5.41, 5.74) is -0.238. The number of aliphatic carboxylic acids is 1. The van der Waals surface area contributed by atoms with Gasteiger partial charge in [0.2, 0.25) is 0 Å². The van der Waals surface area contributed by atoms with Gasteiger partial charge in [-0.15, -0.1) is 11.3 Å². The zero-order valence-electron chi connectivity index (χ0n) is 13.4. The van der Waals surface area contributed by atoms with Crippen molar-refractivity contribution >= 4 is 29.2 Å². The maximum absolute atomic E-state index is 12.2. The summed E-state index contributed by atoms with van der Waals surface area (Å²) < 4.78 is 5.01. The Labute approximate surface area is 133 Å². The van der Waals surface area contributed by atoms with E-state index >= 15 is 0 Å². The zero-order chi connectivity index (χ0) is 17.1. The van der Waals surface area contributed by atoms with Gasteiger partial charge in [0.1, 0.15) is 11.6 Å². The highest BCUT2D eigenvalue weighted by Crippen LogP contribution is 2.22. The van der Waals surface area contributed by atoms with Crippen LogP contribution in [0.3, 0.4) is 0 Å². The lowest BCUT2D eigenvalue weighted by molar-refractivity contribution is -0.139. The Kier molecular flexibility index (Phi) is 5.71.